The van der Waals surface area contributed by atoms with Crippen molar-refractivity contribution in [3.8, 4) is 0 Å². The van der Waals surface area contributed by atoms with Crippen molar-refractivity contribution in [1.29, 1.82) is 0 Å². The van der Waals surface area contributed by atoms with Crippen LogP contribution in [-0.2, 0) is 4.74 Å². The second-order valence-electron chi connectivity index (χ2n) is 5.68. The van der Waals surface area contributed by atoms with Gasteiger partial charge in [0.15, 0.2) is 0 Å². The Labute approximate surface area is 122 Å². The number of nitrogens with one attached hydrogen (secondary N) is 1. The van der Waals surface area contributed by atoms with Gasteiger partial charge in [0, 0.05) is 24.5 Å². The van der Waals surface area contributed by atoms with Crippen molar-refractivity contribution in [2.45, 2.75) is 18.9 Å². The molecule has 2 fully saturated rings. The van der Waals surface area contributed by atoms with Crippen LogP contribution in [0.3, 0.4) is 0 Å². The summed E-state index contributed by atoms with van der Waals surface area (Å²) in [5.74, 6) is 0.522. The predicted octanol–water partition coefficient (Wildman–Crippen LogP) is 2.78. The van der Waals surface area contributed by atoms with Gasteiger partial charge >= 0.3 is 0 Å². The fourth-order valence-electron chi connectivity index (χ4n) is 2.81. The molecule has 4 nitrogen and oxygen atoms in total. The lowest BCUT2D eigenvalue weighted by molar-refractivity contribution is 0.122. The maximum atomic E-state index is 14.4. The summed E-state index contributed by atoms with van der Waals surface area (Å²) in [5, 5.41) is 4.97. The molecule has 1 aromatic heterocycles. The Kier molecular flexibility index (Phi) is 3.15. The molecule has 4 rings (SSSR count). The molecule has 0 unspecified atom stereocenters. The zero-order chi connectivity index (χ0) is 14.2. The van der Waals surface area contributed by atoms with Gasteiger partial charge in [-0.25, -0.2) is 9.37 Å². The summed E-state index contributed by atoms with van der Waals surface area (Å²) >= 11 is 0. The highest BCUT2D eigenvalue weighted by molar-refractivity contribution is 6.00. The molecule has 110 valence electrons. The molecule has 1 aliphatic carbocycles. The molecule has 1 N–H and O–H groups in total. The number of anilines is 2. The molecule has 5 heteroatoms. The number of hydrogen-bond donors (Lipinski definition) is 1. The van der Waals surface area contributed by atoms with Gasteiger partial charge in [-0.1, -0.05) is 12.1 Å². The molecule has 0 bridgehead atoms. The van der Waals surface area contributed by atoms with E-state index in [9.17, 15) is 4.39 Å². The average Bonchev–Trinajstić information content (AvgIpc) is 3.33. The monoisotopic (exact) mass is 287 g/mol. The van der Waals surface area contributed by atoms with Crippen molar-refractivity contribution in [2.24, 2.45) is 0 Å². The highest BCUT2D eigenvalue weighted by atomic mass is 19.1. The molecule has 2 aromatic rings. The largest absolute Gasteiger partial charge is 0.381 e. The van der Waals surface area contributed by atoms with E-state index in [-0.39, 0.29) is 5.82 Å². The lowest BCUT2D eigenvalue weighted by atomic mass is 10.1. The number of benzene rings is 1. The first-order chi connectivity index (χ1) is 10.3. The van der Waals surface area contributed by atoms with Crippen LogP contribution in [0.25, 0.3) is 10.8 Å². The van der Waals surface area contributed by atoms with Gasteiger partial charge < -0.3 is 15.0 Å². The molecule has 21 heavy (non-hydrogen) atoms. The van der Waals surface area contributed by atoms with Crippen LogP contribution in [0.15, 0.2) is 24.4 Å². The molecular formula is C16H18FN3O. The van der Waals surface area contributed by atoms with Crippen molar-refractivity contribution in [3.05, 3.63) is 30.2 Å². The summed E-state index contributed by atoms with van der Waals surface area (Å²) in [6.45, 7) is 2.84. The van der Waals surface area contributed by atoms with Crippen LogP contribution in [0.1, 0.15) is 12.8 Å². The van der Waals surface area contributed by atoms with E-state index in [1.807, 2.05) is 12.3 Å². The summed E-state index contributed by atoms with van der Waals surface area (Å²) in [7, 11) is 0. The first-order valence-electron chi connectivity index (χ1n) is 7.49. The SMILES string of the molecule is Fc1cccc2c(NC3CC3)cnc(N3CCOCC3)c12. The predicted molar refractivity (Wildman–Crippen MR) is 81.4 cm³/mol. The number of morpholine rings is 1. The number of rotatable bonds is 3. The molecule has 1 saturated heterocycles. The van der Waals surface area contributed by atoms with Crippen LogP contribution in [0, 0.1) is 5.82 Å². The van der Waals surface area contributed by atoms with E-state index in [2.05, 4.69) is 15.2 Å². The van der Waals surface area contributed by atoms with E-state index in [0.717, 1.165) is 30.0 Å². The second-order valence-corrected chi connectivity index (χ2v) is 5.68. The molecule has 0 amide bonds. The van der Waals surface area contributed by atoms with Crippen LogP contribution >= 0.6 is 0 Å². The van der Waals surface area contributed by atoms with E-state index in [1.54, 1.807) is 6.07 Å². The van der Waals surface area contributed by atoms with Gasteiger partial charge in [-0.2, -0.15) is 0 Å². The van der Waals surface area contributed by atoms with Gasteiger partial charge in [0.1, 0.15) is 11.6 Å². The van der Waals surface area contributed by atoms with Gasteiger partial charge in [0.25, 0.3) is 0 Å². The Balaban J connectivity index is 1.83. The topological polar surface area (TPSA) is 37.4 Å². The average molecular weight is 287 g/mol. The van der Waals surface area contributed by atoms with Crippen LogP contribution in [0.4, 0.5) is 15.9 Å². The second kappa shape index (κ2) is 5.15. The number of ether oxygens (including phenoxy) is 1. The van der Waals surface area contributed by atoms with Gasteiger partial charge in [-0.3, -0.25) is 0 Å². The molecule has 0 atom stereocenters. The maximum Gasteiger partial charge on any atom is 0.139 e. The van der Waals surface area contributed by atoms with Crippen molar-refractivity contribution in [1.82, 2.24) is 4.98 Å². The third kappa shape index (κ3) is 2.42. The Morgan fingerprint density at radius 2 is 2.05 bits per heavy atom. The standard InChI is InChI=1S/C16H18FN3O/c17-13-3-1-2-12-14(19-11-4-5-11)10-18-16(15(12)13)20-6-8-21-9-7-20/h1-3,10-11,19H,4-9H2. The fraction of sp³-hybridized carbons (Fsp3) is 0.438. The van der Waals surface area contributed by atoms with Gasteiger partial charge in [-0.05, 0) is 18.9 Å². The summed E-state index contributed by atoms with van der Waals surface area (Å²) in [6.07, 6.45) is 4.20. The Hall–Kier alpha value is -1.88. The summed E-state index contributed by atoms with van der Waals surface area (Å²) < 4.78 is 19.8. The van der Waals surface area contributed by atoms with E-state index >= 15 is 0 Å². The van der Waals surface area contributed by atoms with E-state index < -0.39 is 0 Å². The Morgan fingerprint density at radius 1 is 1.24 bits per heavy atom. The van der Waals surface area contributed by atoms with Crippen LogP contribution in [0.5, 0.6) is 0 Å². The lowest BCUT2D eigenvalue weighted by Gasteiger charge is -2.29. The van der Waals surface area contributed by atoms with Crippen molar-refractivity contribution in [2.75, 3.05) is 36.5 Å². The van der Waals surface area contributed by atoms with Crippen molar-refractivity contribution >= 4 is 22.3 Å². The van der Waals surface area contributed by atoms with Crippen LogP contribution < -0.4 is 10.2 Å². The Morgan fingerprint density at radius 3 is 2.81 bits per heavy atom. The maximum absolute atomic E-state index is 14.4. The summed E-state index contributed by atoms with van der Waals surface area (Å²) in [4.78, 5) is 6.65. The molecule has 0 spiro atoms. The number of pyridine rings is 1. The van der Waals surface area contributed by atoms with E-state index in [0.29, 0.717) is 24.6 Å². The third-order valence-corrected chi connectivity index (χ3v) is 4.09. The minimum Gasteiger partial charge on any atom is -0.381 e. The quantitative estimate of drug-likeness (QED) is 0.942. The normalized spacial score (nSPS) is 19.0. The summed E-state index contributed by atoms with van der Waals surface area (Å²) in [6, 6.07) is 5.76. The zero-order valence-electron chi connectivity index (χ0n) is 11.8. The summed E-state index contributed by atoms with van der Waals surface area (Å²) in [5.41, 5.74) is 0.934. The van der Waals surface area contributed by atoms with E-state index in [4.69, 9.17) is 4.74 Å². The number of nitrogens with zero attached hydrogens (tertiary/aromatic N) is 2. The van der Waals surface area contributed by atoms with Crippen molar-refractivity contribution < 1.29 is 9.13 Å². The first-order valence-corrected chi connectivity index (χ1v) is 7.49. The van der Waals surface area contributed by atoms with Gasteiger partial charge in [0.2, 0.25) is 0 Å². The molecule has 1 aromatic carbocycles. The van der Waals surface area contributed by atoms with Gasteiger partial charge in [0.05, 0.1) is 30.5 Å². The van der Waals surface area contributed by atoms with Crippen LogP contribution in [0.2, 0.25) is 0 Å². The highest BCUT2D eigenvalue weighted by Gasteiger charge is 2.24. The minimum atomic E-state index is -0.207. The molecule has 1 saturated carbocycles. The molecular weight excluding hydrogens is 269 g/mol. The highest BCUT2D eigenvalue weighted by Crippen LogP contribution is 2.35. The first kappa shape index (κ1) is 12.8. The number of halogens is 1. The lowest BCUT2D eigenvalue weighted by Crippen LogP contribution is -2.37. The number of aromatic nitrogens is 1. The van der Waals surface area contributed by atoms with Gasteiger partial charge in [-0.15, -0.1) is 0 Å². The molecule has 1 aliphatic heterocycles. The number of fused-ring (bicyclic) bond motifs is 1. The smallest absolute Gasteiger partial charge is 0.139 e. The molecule has 0 radical (unpaired) electrons. The third-order valence-electron chi connectivity index (χ3n) is 4.09. The minimum absolute atomic E-state index is 0.207. The van der Waals surface area contributed by atoms with E-state index in [1.165, 1.54) is 18.9 Å². The number of hydrogen-bond acceptors (Lipinski definition) is 4. The molecule has 2 heterocycles. The van der Waals surface area contributed by atoms with Crippen LogP contribution in [-0.4, -0.2) is 37.3 Å². The zero-order valence-corrected chi connectivity index (χ0v) is 11.8. The fourth-order valence-corrected chi connectivity index (χ4v) is 2.81. The molecule has 2 aliphatic rings. The Bertz CT molecular complexity index is 666. The van der Waals surface area contributed by atoms with Crippen molar-refractivity contribution in [3.63, 3.8) is 0 Å².